The summed E-state index contributed by atoms with van der Waals surface area (Å²) in [5.74, 6) is 0. The van der Waals surface area contributed by atoms with Gasteiger partial charge >= 0.3 is 0 Å². The smallest absolute Gasteiger partial charge is 0.198 e. The Labute approximate surface area is 54.2 Å². The molecule has 9 heavy (non-hydrogen) atoms. The number of rotatable bonds is 0. The van der Waals surface area contributed by atoms with Crippen molar-refractivity contribution in [2.75, 3.05) is 0 Å². The van der Waals surface area contributed by atoms with Crippen molar-refractivity contribution < 1.29 is 4.57 Å². The lowest BCUT2D eigenvalue weighted by Crippen LogP contribution is -2.25. The molecule has 0 N–H and O–H groups in total. The standard InChI is InChI=1S/C7H7N2/c1-8-7-3-5-9(2)6-4-7/h3-6H,2H3/q+1. The van der Waals surface area contributed by atoms with Crippen LogP contribution in [0, 0.1) is 6.57 Å². The van der Waals surface area contributed by atoms with E-state index in [4.69, 9.17) is 6.57 Å². The average Bonchev–Trinajstić information content (AvgIpc) is 1.90. The first kappa shape index (κ1) is 5.77. The van der Waals surface area contributed by atoms with Gasteiger partial charge in [-0.05, 0) is 0 Å². The number of aryl methyl sites for hydroxylation is 1. The van der Waals surface area contributed by atoms with E-state index >= 15 is 0 Å². The normalized spacial score (nSPS) is 8.44. The largest absolute Gasteiger partial charge is 0.238 e. The number of nitrogens with zero attached hydrogens (tertiary/aromatic N) is 2. The molecule has 1 aromatic rings. The summed E-state index contributed by atoms with van der Waals surface area (Å²) in [4.78, 5) is 3.25. The molecule has 0 radical (unpaired) electrons. The van der Waals surface area contributed by atoms with Crippen LogP contribution in [0.3, 0.4) is 0 Å². The molecular formula is C7H7N2+. The molecule has 0 bridgehead atoms. The van der Waals surface area contributed by atoms with Gasteiger partial charge in [0.25, 0.3) is 0 Å². The van der Waals surface area contributed by atoms with Crippen molar-refractivity contribution in [3.8, 4) is 0 Å². The van der Waals surface area contributed by atoms with Gasteiger partial charge in [0.15, 0.2) is 18.1 Å². The Morgan fingerprint density at radius 3 is 2.44 bits per heavy atom. The van der Waals surface area contributed by atoms with Crippen LogP contribution in [0.25, 0.3) is 4.85 Å². The summed E-state index contributed by atoms with van der Waals surface area (Å²) in [7, 11) is 1.92. The van der Waals surface area contributed by atoms with Crippen LogP contribution in [-0.4, -0.2) is 0 Å². The average molecular weight is 119 g/mol. The van der Waals surface area contributed by atoms with E-state index in [0.29, 0.717) is 5.69 Å². The van der Waals surface area contributed by atoms with Crippen molar-refractivity contribution in [1.29, 1.82) is 0 Å². The molecule has 0 spiro atoms. The van der Waals surface area contributed by atoms with Crippen LogP contribution < -0.4 is 4.57 Å². The third-order valence-electron chi connectivity index (χ3n) is 1.09. The number of hydrogen-bond donors (Lipinski definition) is 0. The van der Waals surface area contributed by atoms with E-state index in [-0.39, 0.29) is 0 Å². The van der Waals surface area contributed by atoms with E-state index in [1.54, 1.807) is 12.1 Å². The second-order valence-electron chi connectivity index (χ2n) is 1.83. The molecule has 0 aliphatic heterocycles. The SMILES string of the molecule is [C-]#[N+]c1cc[n+](C)cc1. The van der Waals surface area contributed by atoms with Crippen molar-refractivity contribution >= 4 is 5.69 Å². The van der Waals surface area contributed by atoms with E-state index in [1.165, 1.54) is 0 Å². The molecule has 0 aliphatic carbocycles. The molecular weight excluding hydrogens is 112 g/mol. The highest BCUT2D eigenvalue weighted by Gasteiger charge is 1.90. The fraction of sp³-hybridized carbons (Fsp3) is 0.143. The summed E-state index contributed by atoms with van der Waals surface area (Å²) < 4.78 is 1.90. The zero-order chi connectivity index (χ0) is 6.69. The van der Waals surface area contributed by atoms with Crippen LogP contribution in [0.4, 0.5) is 5.69 Å². The second kappa shape index (κ2) is 2.27. The van der Waals surface area contributed by atoms with E-state index in [2.05, 4.69) is 4.85 Å². The van der Waals surface area contributed by atoms with E-state index < -0.39 is 0 Å². The Morgan fingerprint density at radius 1 is 1.44 bits per heavy atom. The number of pyridine rings is 1. The van der Waals surface area contributed by atoms with Gasteiger partial charge in [-0.15, -0.1) is 0 Å². The molecule has 0 fully saturated rings. The molecule has 0 saturated carbocycles. The Balaban J connectivity index is 3.06. The van der Waals surface area contributed by atoms with Crippen molar-refractivity contribution in [3.05, 3.63) is 35.9 Å². The minimum absolute atomic E-state index is 0.688. The van der Waals surface area contributed by atoms with Crippen LogP contribution >= 0.6 is 0 Å². The molecule has 44 valence electrons. The third-order valence-corrected chi connectivity index (χ3v) is 1.09. The van der Waals surface area contributed by atoms with E-state index in [0.717, 1.165) is 0 Å². The lowest BCUT2D eigenvalue weighted by molar-refractivity contribution is -0.671. The first-order valence-electron chi connectivity index (χ1n) is 2.65. The van der Waals surface area contributed by atoms with Gasteiger partial charge in [0.2, 0.25) is 0 Å². The molecule has 0 saturated heterocycles. The zero-order valence-electron chi connectivity index (χ0n) is 5.20. The topological polar surface area (TPSA) is 8.24 Å². The molecule has 0 aromatic carbocycles. The molecule has 0 unspecified atom stereocenters. The van der Waals surface area contributed by atoms with Gasteiger partial charge in [-0.2, -0.15) is 0 Å². The van der Waals surface area contributed by atoms with E-state index in [9.17, 15) is 0 Å². The highest BCUT2D eigenvalue weighted by Crippen LogP contribution is 2.05. The second-order valence-corrected chi connectivity index (χ2v) is 1.83. The molecule has 1 rings (SSSR count). The van der Waals surface area contributed by atoms with Crippen LogP contribution in [0.2, 0.25) is 0 Å². The molecule has 0 amide bonds. The van der Waals surface area contributed by atoms with Crippen molar-refractivity contribution in [2.24, 2.45) is 7.05 Å². The van der Waals surface area contributed by atoms with Gasteiger partial charge in [-0.3, -0.25) is 0 Å². The molecule has 2 heteroatoms. The van der Waals surface area contributed by atoms with Crippen LogP contribution in [-0.2, 0) is 7.05 Å². The maximum absolute atomic E-state index is 6.63. The Kier molecular flexibility index (Phi) is 1.46. The van der Waals surface area contributed by atoms with Crippen LogP contribution in [0.5, 0.6) is 0 Å². The minimum Gasteiger partial charge on any atom is -0.238 e. The third kappa shape index (κ3) is 1.26. The highest BCUT2D eigenvalue weighted by molar-refractivity contribution is 5.40. The molecule has 1 aromatic heterocycles. The summed E-state index contributed by atoms with van der Waals surface area (Å²) in [5, 5.41) is 0. The monoisotopic (exact) mass is 119 g/mol. The van der Waals surface area contributed by atoms with Crippen molar-refractivity contribution in [2.45, 2.75) is 0 Å². The van der Waals surface area contributed by atoms with Gasteiger partial charge in [-0.25, -0.2) is 9.41 Å². The zero-order valence-corrected chi connectivity index (χ0v) is 5.20. The van der Waals surface area contributed by atoms with Gasteiger partial charge in [0, 0.05) is 12.1 Å². The van der Waals surface area contributed by atoms with Gasteiger partial charge in [0.1, 0.15) is 7.05 Å². The number of aromatic nitrogens is 1. The Bertz CT molecular complexity index is 230. The minimum atomic E-state index is 0.688. The summed E-state index contributed by atoms with van der Waals surface area (Å²) in [6, 6.07) is 3.57. The maximum Gasteiger partial charge on any atom is 0.198 e. The van der Waals surface area contributed by atoms with Gasteiger partial charge in [0.05, 0.1) is 6.57 Å². The summed E-state index contributed by atoms with van der Waals surface area (Å²) in [6.07, 6.45) is 3.71. The molecule has 1 heterocycles. The summed E-state index contributed by atoms with van der Waals surface area (Å²) >= 11 is 0. The Morgan fingerprint density at radius 2 is 2.00 bits per heavy atom. The Hall–Kier alpha value is -1.36. The lowest BCUT2D eigenvalue weighted by atomic mass is 10.4. The van der Waals surface area contributed by atoms with Gasteiger partial charge < -0.3 is 0 Å². The van der Waals surface area contributed by atoms with Gasteiger partial charge in [-0.1, -0.05) is 0 Å². The highest BCUT2D eigenvalue weighted by atomic mass is 14.9. The van der Waals surface area contributed by atoms with Crippen LogP contribution in [0.1, 0.15) is 0 Å². The van der Waals surface area contributed by atoms with E-state index in [1.807, 2.05) is 24.0 Å². The summed E-state index contributed by atoms with van der Waals surface area (Å²) in [5.41, 5.74) is 0.688. The lowest BCUT2D eigenvalue weighted by Gasteiger charge is -1.83. The maximum atomic E-state index is 6.63. The number of hydrogen-bond acceptors (Lipinski definition) is 0. The summed E-state index contributed by atoms with van der Waals surface area (Å²) in [6.45, 7) is 6.63. The first-order chi connectivity index (χ1) is 4.33. The van der Waals surface area contributed by atoms with Crippen LogP contribution in [0.15, 0.2) is 24.5 Å². The molecule has 2 nitrogen and oxygen atoms in total. The molecule has 0 atom stereocenters. The predicted octanol–water partition coefficient (Wildman–Crippen LogP) is 1.06. The first-order valence-corrected chi connectivity index (χ1v) is 2.65. The predicted molar refractivity (Wildman–Crippen MR) is 33.9 cm³/mol. The van der Waals surface area contributed by atoms with Crippen molar-refractivity contribution in [3.63, 3.8) is 0 Å². The fourth-order valence-electron chi connectivity index (χ4n) is 0.568. The molecule has 0 aliphatic rings. The van der Waals surface area contributed by atoms with Crippen molar-refractivity contribution in [1.82, 2.24) is 0 Å². The fourth-order valence-corrected chi connectivity index (χ4v) is 0.568. The quantitative estimate of drug-likeness (QED) is 0.356.